The van der Waals surface area contributed by atoms with Crippen molar-refractivity contribution in [1.82, 2.24) is 14.8 Å². The number of carbonyl (C=O) groups excluding carboxylic acids is 1. The lowest BCUT2D eigenvalue weighted by Crippen LogP contribution is -2.20. The molecule has 2 aromatic carbocycles. The number of benzene rings is 2. The summed E-state index contributed by atoms with van der Waals surface area (Å²) in [6.45, 7) is 4.02. The first-order chi connectivity index (χ1) is 14.0. The van der Waals surface area contributed by atoms with E-state index in [1.807, 2.05) is 42.7 Å². The summed E-state index contributed by atoms with van der Waals surface area (Å²) in [4.78, 5) is 11.6. The zero-order chi connectivity index (χ0) is 20.8. The van der Waals surface area contributed by atoms with Gasteiger partial charge in [-0.15, -0.1) is 10.2 Å². The first-order valence-electron chi connectivity index (χ1n) is 9.09. The summed E-state index contributed by atoms with van der Waals surface area (Å²) >= 11 is 1.41. The molecule has 0 unspecified atom stereocenters. The summed E-state index contributed by atoms with van der Waals surface area (Å²) in [5.41, 5.74) is 2.55. The fourth-order valence-corrected chi connectivity index (χ4v) is 3.57. The minimum absolute atomic E-state index is 0.0925. The van der Waals surface area contributed by atoms with Crippen molar-refractivity contribution in [2.24, 2.45) is 0 Å². The van der Waals surface area contributed by atoms with E-state index in [1.165, 1.54) is 24.4 Å². The number of hydrogen-bond donors (Lipinski definition) is 1. The predicted molar refractivity (Wildman–Crippen MR) is 111 cm³/mol. The van der Waals surface area contributed by atoms with Gasteiger partial charge >= 0.3 is 5.97 Å². The molecule has 1 atom stereocenters. The van der Waals surface area contributed by atoms with E-state index in [-0.39, 0.29) is 6.61 Å². The maximum Gasteiger partial charge on any atom is 0.337 e. The molecule has 0 saturated carbocycles. The highest BCUT2D eigenvalue weighted by molar-refractivity contribution is 7.99. The fraction of sp³-hybridized carbons (Fsp3) is 0.286. The molecule has 7 nitrogen and oxygen atoms in total. The first-order valence-corrected chi connectivity index (χ1v) is 10.1. The molecule has 1 N–H and O–H groups in total. The number of thioether (sulfide) groups is 1. The summed E-state index contributed by atoms with van der Waals surface area (Å²) in [5, 5.41) is 19.4. The number of aryl methyl sites for hydroxylation is 2. The molecular weight excluding hydrogens is 390 g/mol. The third-order valence-corrected chi connectivity index (χ3v) is 5.26. The molecule has 0 aliphatic rings. The van der Waals surface area contributed by atoms with Crippen molar-refractivity contribution in [1.29, 1.82) is 0 Å². The second kappa shape index (κ2) is 9.58. The number of nitrogens with zero attached hydrogens (tertiary/aromatic N) is 3. The lowest BCUT2D eigenvalue weighted by Gasteiger charge is -2.13. The van der Waals surface area contributed by atoms with E-state index in [2.05, 4.69) is 10.2 Å². The summed E-state index contributed by atoms with van der Waals surface area (Å²) < 4.78 is 12.3. The predicted octanol–water partition coefficient (Wildman–Crippen LogP) is 3.20. The van der Waals surface area contributed by atoms with E-state index in [1.54, 1.807) is 24.3 Å². The van der Waals surface area contributed by atoms with Crippen LogP contribution in [0.15, 0.2) is 53.7 Å². The number of rotatable bonds is 8. The van der Waals surface area contributed by atoms with Crippen LogP contribution in [0.4, 0.5) is 0 Å². The van der Waals surface area contributed by atoms with Gasteiger partial charge in [-0.05, 0) is 44.2 Å². The summed E-state index contributed by atoms with van der Waals surface area (Å²) in [6.07, 6.45) is -0.717. The van der Waals surface area contributed by atoms with Crippen molar-refractivity contribution >= 4 is 17.7 Å². The van der Waals surface area contributed by atoms with Gasteiger partial charge in [-0.25, -0.2) is 4.79 Å². The van der Waals surface area contributed by atoms with Crippen LogP contribution in [0, 0.1) is 13.8 Å². The Morgan fingerprint density at radius 1 is 1.17 bits per heavy atom. The monoisotopic (exact) mass is 413 g/mol. The Bertz CT molecular complexity index is 972. The quantitative estimate of drug-likeness (QED) is 0.448. The van der Waals surface area contributed by atoms with Crippen molar-refractivity contribution in [2.75, 3.05) is 19.5 Å². The van der Waals surface area contributed by atoms with E-state index in [0.29, 0.717) is 22.2 Å². The molecule has 3 rings (SSSR count). The number of methoxy groups -OCH3 is 1. The van der Waals surface area contributed by atoms with Crippen molar-refractivity contribution in [3.05, 3.63) is 65.5 Å². The minimum Gasteiger partial charge on any atom is -0.491 e. The Morgan fingerprint density at radius 2 is 1.93 bits per heavy atom. The fourth-order valence-electron chi connectivity index (χ4n) is 2.67. The molecule has 1 aromatic heterocycles. The van der Waals surface area contributed by atoms with E-state index < -0.39 is 12.1 Å². The van der Waals surface area contributed by atoms with Crippen LogP contribution in [0.2, 0.25) is 0 Å². The van der Waals surface area contributed by atoms with Crippen LogP contribution in [0.1, 0.15) is 21.7 Å². The van der Waals surface area contributed by atoms with Crippen molar-refractivity contribution in [2.45, 2.75) is 25.1 Å². The van der Waals surface area contributed by atoms with Gasteiger partial charge in [0.1, 0.15) is 18.2 Å². The Morgan fingerprint density at radius 3 is 2.66 bits per heavy atom. The lowest BCUT2D eigenvalue weighted by atomic mass is 10.2. The molecule has 1 heterocycles. The molecule has 0 aliphatic heterocycles. The topological polar surface area (TPSA) is 86.5 Å². The maximum atomic E-state index is 11.6. The molecule has 0 fully saturated rings. The minimum atomic E-state index is -0.717. The van der Waals surface area contributed by atoms with Gasteiger partial charge < -0.3 is 14.6 Å². The lowest BCUT2D eigenvalue weighted by molar-refractivity contribution is 0.0600. The molecule has 3 aromatic rings. The van der Waals surface area contributed by atoms with Gasteiger partial charge in [0.2, 0.25) is 0 Å². The summed E-state index contributed by atoms with van der Waals surface area (Å²) in [6, 6.07) is 14.8. The smallest absolute Gasteiger partial charge is 0.337 e. The Balaban J connectivity index is 1.58. The van der Waals surface area contributed by atoms with Gasteiger partial charge in [-0.1, -0.05) is 35.5 Å². The second-order valence-electron chi connectivity index (χ2n) is 6.50. The molecule has 0 saturated heterocycles. The maximum absolute atomic E-state index is 11.6. The Hall–Kier alpha value is -2.84. The highest BCUT2D eigenvalue weighted by atomic mass is 32.2. The normalized spacial score (nSPS) is 11.9. The van der Waals surface area contributed by atoms with Crippen LogP contribution >= 0.6 is 11.8 Å². The molecule has 0 radical (unpaired) electrons. The Labute approximate surface area is 173 Å². The van der Waals surface area contributed by atoms with E-state index >= 15 is 0 Å². The number of aromatic nitrogens is 3. The molecule has 0 amide bonds. The average Bonchev–Trinajstić information content (AvgIpc) is 3.11. The molecule has 0 aliphatic carbocycles. The molecule has 0 bridgehead atoms. The van der Waals surface area contributed by atoms with E-state index in [0.717, 1.165) is 11.5 Å². The second-order valence-corrected chi connectivity index (χ2v) is 7.48. The van der Waals surface area contributed by atoms with Gasteiger partial charge in [0.25, 0.3) is 0 Å². The third-order valence-electron chi connectivity index (χ3n) is 4.19. The van der Waals surface area contributed by atoms with Crippen LogP contribution in [0.3, 0.4) is 0 Å². The number of ether oxygens (including phenoxy) is 2. The highest BCUT2D eigenvalue weighted by Gasteiger charge is 2.15. The third kappa shape index (κ3) is 5.36. The van der Waals surface area contributed by atoms with Crippen LogP contribution in [-0.2, 0) is 4.74 Å². The van der Waals surface area contributed by atoms with E-state index in [4.69, 9.17) is 9.47 Å². The molecular formula is C21H23N3O4S. The zero-order valence-electron chi connectivity index (χ0n) is 16.5. The van der Waals surface area contributed by atoms with Gasteiger partial charge in [0.05, 0.1) is 18.8 Å². The number of carbonyl (C=O) groups is 1. The molecule has 0 spiro atoms. The summed E-state index contributed by atoms with van der Waals surface area (Å²) in [7, 11) is 1.33. The van der Waals surface area contributed by atoms with Gasteiger partial charge in [0.15, 0.2) is 5.16 Å². The number of esters is 1. The van der Waals surface area contributed by atoms with Gasteiger partial charge in [0, 0.05) is 11.4 Å². The number of aliphatic hydroxyl groups is 1. The standard InChI is InChI=1S/C21H23N3O4S/c1-14-7-9-17(10-8-14)24-15(2)22-23-21(24)29-13-18(25)12-28-19-6-4-5-16(11-19)20(26)27-3/h4-11,18,25H,12-13H2,1-3H3/t18-/m1/s1. The number of hydrogen-bond acceptors (Lipinski definition) is 7. The van der Waals surface area contributed by atoms with Gasteiger partial charge in [-0.2, -0.15) is 0 Å². The first kappa shape index (κ1) is 20.9. The molecule has 152 valence electrons. The van der Waals surface area contributed by atoms with Gasteiger partial charge in [-0.3, -0.25) is 4.57 Å². The van der Waals surface area contributed by atoms with Crippen LogP contribution < -0.4 is 4.74 Å². The highest BCUT2D eigenvalue weighted by Crippen LogP contribution is 2.23. The van der Waals surface area contributed by atoms with Crippen molar-refractivity contribution < 1.29 is 19.4 Å². The largest absolute Gasteiger partial charge is 0.491 e. The summed E-state index contributed by atoms with van der Waals surface area (Å²) in [5.74, 6) is 1.23. The van der Waals surface area contributed by atoms with Crippen LogP contribution in [0.5, 0.6) is 5.75 Å². The van der Waals surface area contributed by atoms with Crippen LogP contribution in [0.25, 0.3) is 5.69 Å². The average molecular weight is 413 g/mol. The molecule has 8 heteroatoms. The SMILES string of the molecule is COC(=O)c1cccc(OC[C@@H](O)CSc2nnc(C)n2-c2ccc(C)cc2)c1. The van der Waals surface area contributed by atoms with E-state index in [9.17, 15) is 9.90 Å². The van der Waals surface area contributed by atoms with Crippen LogP contribution in [-0.4, -0.2) is 51.4 Å². The van der Waals surface area contributed by atoms with Crippen molar-refractivity contribution in [3.8, 4) is 11.4 Å². The zero-order valence-corrected chi connectivity index (χ0v) is 17.3. The number of aliphatic hydroxyl groups excluding tert-OH is 1. The Kier molecular flexibility index (Phi) is 6.90. The van der Waals surface area contributed by atoms with Crippen molar-refractivity contribution in [3.63, 3.8) is 0 Å². The molecule has 29 heavy (non-hydrogen) atoms.